The van der Waals surface area contributed by atoms with Crippen molar-refractivity contribution in [3.05, 3.63) is 34.3 Å². The summed E-state index contributed by atoms with van der Waals surface area (Å²) in [6.07, 6.45) is 1.62. The highest BCUT2D eigenvalue weighted by Gasteiger charge is 2.45. The van der Waals surface area contributed by atoms with E-state index in [2.05, 4.69) is 4.99 Å². The van der Waals surface area contributed by atoms with Crippen LogP contribution < -0.4 is 5.73 Å². The molecule has 4 nitrogen and oxygen atoms in total. The van der Waals surface area contributed by atoms with Gasteiger partial charge in [0.05, 0.1) is 6.61 Å². The van der Waals surface area contributed by atoms with Gasteiger partial charge in [0.15, 0.2) is 0 Å². The van der Waals surface area contributed by atoms with E-state index in [9.17, 15) is 0 Å². The largest absolute Gasteiger partial charge is 0.383 e. The van der Waals surface area contributed by atoms with E-state index in [4.69, 9.17) is 27.1 Å². The Hall–Kier alpha value is -1.10. The molecule has 1 saturated heterocycles. The smallest absolute Gasteiger partial charge is 0.222 e. The van der Waals surface area contributed by atoms with Gasteiger partial charge in [-0.15, -0.1) is 0 Å². The van der Waals surface area contributed by atoms with Gasteiger partial charge in [-0.3, -0.25) is 0 Å². The van der Waals surface area contributed by atoms with Gasteiger partial charge in [-0.1, -0.05) is 23.7 Å². The molecule has 0 amide bonds. The van der Waals surface area contributed by atoms with Crippen molar-refractivity contribution in [3.8, 4) is 0 Å². The first-order valence-corrected chi connectivity index (χ1v) is 5.56. The number of aliphatic imine (C=N–C) groups is 1. The second kappa shape index (κ2) is 3.45. The SMILES string of the molecule is NC1=NC2(CCCOO2)c2c(Cl)cccc21. The fraction of sp³-hybridized carbons (Fsp3) is 0.364. The molecule has 1 unspecified atom stereocenters. The first-order valence-electron chi connectivity index (χ1n) is 5.18. The third kappa shape index (κ3) is 1.27. The zero-order valence-corrected chi connectivity index (χ0v) is 9.33. The highest BCUT2D eigenvalue weighted by Crippen LogP contribution is 2.44. The van der Waals surface area contributed by atoms with Crippen LogP contribution in [0.1, 0.15) is 24.0 Å². The lowest BCUT2D eigenvalue weighted by Crippen LogP contribution is -2.31. The van der Waals surface area contributed by atoms with Gasteiger partial charge in [0.2, 0.25) is 5.72 Å². The molecule has 2 heterocycles. The number of amidine groups is 1. The number of hydrogen-bond acceptors (Lipinski definition) is 4. The van der Waals surface area contributed by atoms with Crippen LogP contribution in [0.5, 0.6) is 0 Å². The van der Waals surface area contributed by atoms with E-state index in [0.717, 1.165) is 24.0 Å². The summed E-state index contributed by atoms with van der Waals surface area (Å²) >= 11 is 6.19. The van der Waals surface area contributed by atoms with Gasteiger partial charge >= 0.3 is 0 Å². The molecule has 1 spiro atoms. The van der Waals surface area contributed by atoms with Crippen molar-refractivity contribution in [1.29, 1.82) is 0 Å². The van der Waals surface area contributed by atoms with Crippen molar-refractivity contribution >= 4 is 17.4 Å². The molecule has 2 aliphatic heterocycles. The average molecular weight is 239 g/mol. The minimum absolute atomic E-state index is 0.461. The highest BCUT2D eigenvalue weighted by molar-refractivity contribution is 6.32. The minimum atomic E-state index is -0.823. The molecule has 1 atom stereocenters. The summed E-state index contributed by atoms with van der Waals surface area (Å²) in [6.45, 7) is 0.580. The molecular formula is C11H11ClN2O2. The number of nitrogens with zero attached hydrogens (tertiary/aromatic N) is 1. The Kier molecular flexibility index (Phi) is 2.17. The molecule has 1 aromatic carbocycles. The Morgan fingerprint density at radius 2 is 2.31 bits per heavy atom. The fourth-order valence-electron chi connectivity index (χ4n) is 2.24. The van der Waals surface area contributed by atoms with Crippen molar-refractivity contribution in [2.24, 2.45) is 10.7 Å². The van der Waals surface area contributed by atoms with E-state index in [1.54, 1.807) is 0 Å². The normalized spacial score (nSPS) is 27.9. The molecule has 2 aliphatic rings. The fourth-order valence-corrected chi connectivity index (χ4v) is 2.56. The van der Waals surface area contributed by atoms with Gasteiger partial charge in [-0.25, -0.2) is 14.8 Å². The molecule has 0 aromatic heterocycles. The second-order valence-corrected chi connectivity index (χ2v) is 4.36. The third-order valence-electron chi connectivity index (χ3n) is 2.92. The van der Waals surface area contributed by atoms with Gasteiger partial charge in [0, 0.05) is 22.6 Å². The number of benzene rings is 1. The Morgan fingerprint density at radius 1 is 1.44 bits per heavy atom. The molecule has 0 aliphatic carbocycles. The monoisotopic (exact) mass is 238 g/mol. The van der Waals surface area contributed by atoms with E-state index in [1.807, 2.05) is 18.2 Å². The highest BCUT2D eigenvalue weighted by atomic mass is 35.5. The third-order valence-corrected chi connectivity index (χ3v) is 3.24. The molecule has 0 radical (unpaired) electrons. The number of rotatable bonds is 0. The molecule has 1 aromatic rings. The quantitative estimate of drug-likeness (QED) is 0.703. The summed E-state index contributed by atoms with van der Waals surface area (Å²) in [5.41, 5.74) is 6.73. The van der Waals surface area contributed by atoms with Gasteiger partial charge in [0.1, 0.15) is 5.84 Å². The van der Waals surface area contributed by atoms with Crippen LogP contribution in [0.4, 0.5) is 0 Å². The maximum absolute atomic E-state index is 6.19. The number of fused-ring (bicyclic) bond motifs is 2. The van der Waals surface area contributed by atoms with E-state index >= 15 is 0 Å². The van der Waals surface area contributed by atoms with Crippen LogP contribution in [-0.2, 0) is 15.5 Å². The lowest BCUT2D eigenvalue weighted by molar-refractivity contribution is -0.386. The van der Waals surface area contributed by atoms with Gasteiger partial charge < -0.3 is 5.73 Å². The van der Waals surface area contributed by atoms with Crippen LogP contribution in [0.25, 0.3) is 0 Å². The van der Waals surface area contributed by atoms with Crippen molar-refractivity contribution in [2.45, 2.75) is 18.6 Å². The van der Waals surface area contributed by atoms with Gasteiger partial charge in [0.25, 0.3) is 0 Å². The zero-order chi connectivity index (χ0) is 11.2. The summed E-state index contributed by atoms with van der Waals surface area (Å²) in [4.78, 5) is 14.8. The van der Waals surface area contributed by atoms with Gasteiger partial charge in [-0.2, -0.15) is 0 Å². The Labute approximate surface area is 97.9 Å². The van der Waals surface area contributed by atoms with E-state index in [1.165, 1.54) is 0 Å². The van der Waals surface area contributed by atoms with Crippen molar-refractivity contribution < 1.29 is 9.78 Å². The first kappa shape index (κ1) is 10.1. The van der Waals surface area contributed by atoms with Crippen LogP contribution in [0.2, 0.25) is 5.02 Å². The number of nitrogens with two attached hydrogens (primary N) is 1. The van der Waals surface area contributed by atoms with Crippen LogP contribution in [0.15, 0.2) is 23.2 Å². The zero-order valence-electron chi connectivity index (χ0n) is 8.57. The summed E-state index contributed by atoms with van der Waals surface area (Å²) < 4.78 is 0. The van der Waals surface area contributed by atoms with Crippen molar-refractivity contribution in [1.82, 2.24) is 0 Å². The number of hydrogen-bond donors (Lipinski definition) is 1. The molecule has 0 bridgehead atoms. The van der Waals surface area contributed by atoms with Gasteiger partial charge in [-0.05, 0) is 12.5 Å². The topological polar surface area (TPSA) is 56.8 Å². The lowest BCUT2D eigenvalue weighted by atomic mass is 9.96. The van der Waals surface area contributed by atoms with Crippen LogP contribution in [0.3, 0.4) is 0 Å². The first-order chi connectivity index (χ1) is 7.73. The molecule has 84 valence electrons. The van der Waals surface area contributed by atoms with Crippen LogP contribution in [-0.4, -0.2) is 12.4 Å². The van der Waals surface area contributed by atoms with E-state index in [-0.39, 0.29) is 0 Å². The summed E-state index contributed by atoms with van der Waals surface area (Å²) in [6, 6.07) is 5.56. The molecular weight excluding hydrogens is 228 g/mol. The molecule has 0 saturated carbocycles. The molecule has 3 rings (SSSR count). The lowest BCUT2D eigenvalue weighted by Gasteiger charge is -2.30. The van der Waals surface area contributed by atoms with E-state index in [0.29, 0.717) is 17.5 Å². The van der Waals surface area contributed by atoms with Crippen LogP contribution in [0, 0.1) is 0 Å². The second-order valence-electron chi connectivity index (χ2n) is 3.95. The molecule has 1 fully saturated rings. The average Bonchev–Trinajstić information content (AvgIpc) is 2.55. The van der Waals surface area contributed by atoms with E-state index < -0.39 is 5.72 Å². The minimum Gasteiger partial charge on any atom is -0.383 e. The summed E-state index contributed by atoms with van der Waals surface area (Å²) in [7, 11) is 0. The molecule has 2 N–H and O–H groups in total. The summed E-state index contributed by atoms with van der Waals surface area (Å²) in [5.74, 6) is 0.461. The van der Waals surface area contributed by atoms with Crippen molar-refractivity contribution in [2.75, 3.05) is 6.61 Å². The number of halogens is 1. The molecule has 5 heteroatoms. The van der Waals surface area contributed by atoms with Crippen LogP contribution >= 0.6 is 11.6 Å². The Morgan fingerprint density at radius 3 is 3.06 bits per heavy atom. The van der Waals surface area contributed by atoms with Crippen molar-refractivity contribution in [3.63, 3.8) is 0 Å². The predicted molar refractivity (Wildman–Crippen MR) is 60.1 cm³/mol. The summed E-state index contributed by atoms with van der Waals surface area (Å²) in [5, 5.41) is 0.618. The Balaban J connectivity index is 2.18. The standard InChI is InChI=1S/C11H11ClN2O2/c12-8-4-1-3-7-9(8)11(14-10(7)13)5-2-6-15-16-11/h1,3-4H,2,5-6H2,(H2,13,14). The molecule has 16 heavy (non-hydrogen) atoms. The maximum Gasteiger partial charge on any atom is 0.222 e. The predicted octanol–water partition coefficient (Wildman–Crippen LogP) is 1.95. The Bertz CT molecular complexity index is 467. The maximum atomic E-state index is 6.19.